The van der Waals surface area contributed by atoms with E-state index in [1.54, 1.807) is 6.92 Å². The third-order valence-electron chi connectivity index (χ3n) is 2.42. The fourth-order valence-corrected chi connectivity index (χ4v) is 2.37. The molecular formula is C9H20N2O2S. The van der Waals surface area contributed by atoms with Crippen LogP contribution in [0.1, 0.15) is 20.8 Å². The lowest BCUT2D eigenvalue weighted by molar-refractivity contribution is 0.315. The minimum absolute atomic E-state index is 0.0741. The smallest absolute Gasteiger partial charge is 0.215 e. The Kier molecular flexibility index (Phi) is 4.77. The van der Waals surface area contributed by atoms with E-state index in [0.29, 0.717) is 0 Å². The molecule has 0 spiro atoms. The number of rotatable bonds is 6. The second kappa shape index (κ2) is 4.91. The average Bonchev–Trinajstić information content (AvgIpc) is 2.02. The fourth-order valence-electron chi connectivity index (χ4n) is 0.947. The summed E-state index contributed by atoms with van der Waals surface area (Å²) < 4.78 is 25.5. The molecule has 0 saturated heterocycles. The van der Waals surface area contributed by atoms with Gasteiger partial charge in [-0.2, -0.15) is 0 Å². The third-order valence-corrected chi connectivity index (χ3v) is 3.88. The third kappa shape index (κ3) is 3.77. The summed E-state index contributed by atoms with van der Waals surface area (Å²) in [5.41, 5.74) is 4.98. The molecule has 0 saturated carbocycles. The lowest BCUT2D eigenvalue weighted by atomic mass is 9.90. The van der Waals surface area contributed by atoms with E-state index >= 15 is 0 Å². The van der Waals surface area contributed by atoms with Gasteiger partial charge < -0.3 is 5.73 Å². The molecule has 1 atom stereocenters. The molecule has 0 amide bonds. The van der Waals surface area contributed by atoms with Crippen LogP contribution in [0.2, 0.25) is 0 Å². The molecule has 0 aromatic carbocycles. The Hall–Kier alpha value is -0.390. The molecule has 0 aliphatic carbocycles. The maximum absolute atomic E-state index is 11.5. The average molecular weight is 220 g/mol. The van der Waals surface area contributed by atoms with Crippen LogP contribution < -0.4 is 10.5 Å². The highest BCUT2D eigenvalue weighted by Gasteiger charge is 2.30. The number of hydrogen-bond acceptors (Lipinski definition) is 3. The highest BCUT2D eigenvalue weighted by atomic mass is 32.2. The van der Waals surface area contributed by atoms with E-state index in [4.69, 9.17) is 5.73 Å². The van der Waals surface area contributed by atoms with Gasteiger partial charge in [0.1, 0.15) is 0 Å². The van der Waals surface area contributed by atoms with Crippen LogP contribution in [0.5, 0.6) is 0 Å². The van der Waals surface area contributed by atoms with Gasteiger partial charge in [0.15, 0.2) is 0 Å². The van der Waals surface area contributed by atoms with Crippen molar-refractivity contribution in [2.45, 2.75) is 26.3 Å². The van der Waals surface area contributed by atoms with E-state index in [1.807, 2.05) is 13.8 Å². The van der Waals surface area contributed by atoms with E-state index in [0.717, 1.165) is 0 Å². The van der Waals surface area contributed by atoms with Crippen LogP contribution in [0, 0.1) is 5.92 Å². The van der Waals surface area contributed by atoms with Gasteiger partial charge in [0.25, 0.3) is 0 Å². The predicted molar refractivity (Wildman–Crippen MR) is 59.4 cm³/mol. The summed E-state index contributed by atoms with van der Waals surface area (Å²) in [7, 11) is -3.29. The van der Waals surface area contributed by atoms with Gasteiger partial charge in [-0.05, 0) is 12.8 Å². The van der Waals surface area contributed by atoms with Gasteiger partial charge >= 0.3 is 0 Å². The minimum Gasteiger partial charge on any atom is -0.329 e. The van der Waals surface area contributed by atoms with Gasteiger partial charge in [-0.3, -0.25) is 0 Å². The van der Waals surface area contributed by atoms with E-state index in [-0.39, 0.29) is 18.2 Å². The topological polar surface area (TPSA) is 72.2 Å². The molecule has 0 aromatic rings. The quantitative estimate of drug-likeness (QED) is 0.639. The second-order valence-electron chi connectivity index (χ2n) is 3.95. The van der Waals surface area contributed by atoms with Crippen LogP contribution in [0.4, 0.5) is 0 Å². The molecule has 84 valence electrons. The van der Waals surface area contributed by atoms with Gasteiger partial charge in [-0.25, -0.2) is 13.1 Å². The van der Waals surface area contributed by atoms with E-state index in [2.05, 4.69) is 11.3 Å². The van der Waals surface area contributed by atoms with Gasteiger partial charge in [0.2, 0.25) is 10.0 Å². The minimum atomic E-state index is -3.29. The summed E-state index contributed by atoms with van der Waals surface area (Å²) in [6.07, 6.45) is 1.36. The van der Waals surface area contributed by atoms with Crippen LogP contribution in [0.25, 0.3) is 0 Å². The molecule has 14 heavy (non-hydrogen) atoms. The molecule has 0 rings (SSSR count). The predicted octanol–water partition coefficient (Wildman–Crippen LogP) is 0.465. The van der Waals surface area contributed by atoms with Crippen LogP contribution in [-0.4, -0.2) is 26.3 Å². The van der Waals surface area contributed by atoms with E-state index in [1.165, 1.54) is 6.08 Å². The summed E-state index contributed by atoms with van der Waals surface area (Å²) in [6, 6.07) is 0. The molecule has 0 fully saturated rings. The maximum atomic E-state index is 11.5. The van der Waals surface area contributed by atoms with Crippen molar-refractivity contribution in [1.82, 2.24) is 4.72 Å². The van der Waals surface area contributed by atoms with Crippen molar-refractivity contribution < 1.29 is 8.42 Å². The molecule has 0 heterocycles. The van der Waals surface area contributed by atoms with E-state index < -0.39 is 15.6 Å². The van der Waals surface area contributed by atoms with Crippen molar-refractivity contribution in [2.24, 2.45) is 11.7 Å². The van der Waals surface area contributed by atoms with Gasteiger partial charge in [0, 0.05) is 12.1 Å². The first-order valence-electron chi connectivity index (χ1n) is 4.60. The molecule has 0 aliphatic heterocycles. The largest absolute Gasteiger partial charge is 0.329 e. The summed E-state index contributed by atoms with van der Waals surface area (Å²) in [6.45, 7) is 9.35. The van der Waals surface area contributed by atoms with Crippen LogP contribution in [0.15, 0.2) is 12.7 Å². The van der Waals surface area contributed by atoms with Crippen LogP contribution >= 0.6 is 0 Å². The normalized spacial score (nSPS) is 16.6. The van der Waals surface area contributed by atoms with Crippen LogP contribution in [0.3, 0.4) is 0 Å². The van der Waals surface area contributed by atoms with Crippen LogP contribution in [-0.2, 0) is 10.0 Å². The Balaban J connectivity index is 4.70. The molecule has 3 N–H and O–H groups in total. The summed E-state index contributed by atoms with van der Waals surface area (Å²) in [4.78, 5) is 0. The van der Waals surface area contributed by atoms with Crippen molar-refractivity contribution >= 4 is 10.0 Å². The second-order valence-corrected chi connectivity index (χ2v) is 5.72. The number of nitrogens with two attached hydrogens (primary N) is 1. The molecule has 0 radical (unpaired) electrons. The molecule has 5 heteroatoms. The van der Waals surface area contributed by atoms with Gasteiger partial charge in [-0.15, -0.1) is 6.58 Å². The standard InChI is InChI=1S/C9H20N2O2S/c1-5-6-14(12,13)11-9(4,7-10)8(2)3/h5,8,11H,1,6-7,10H2,2-4H3. The number of sulfonamides is 1. The monoisotopic (exact) mass is 220 g/mol. The van der Waals surface area contributed by atoms with E-state index in [9.17, 15) is 8.42 Å². The molecule has 0 bridgehead atoms. The first-order chi connectivity index (χ1) is 6.27. The van der Waals surface area contributed by atoms with Crippen molar-refractivity contribution in [1.29, 1.82) is 0 Å². The Morgan fingerprint density at radius 2 is 2.07 bits per heavy atom. The lowest BCUT2D eigenvalue weighted by Gasteiger charge is -2.32. The molecule has 0 aromatic heterocycles. The lowest BCUT2D eigenvalue weighted by Crippen LogP contribution is -2.55. The van der Waals surface area contributed by atoms with Crippen molar-refractivity contribution in [2.75, 3.05) is 12.3 Å². The van der Waals surface area contributed by atoms with Gasteiger partial charge in [0.05, 0.1) is 5.75 Å². The zero-order chi connectivity index (χ0) is 11.4. The number of nitrogens with one attached hydrogen (secondary N) is 1. The summed E-state index contributed by atoms with van der Waals surface area (Å²) in [5, 5.41) is 0. The summed E-state index contributed by atoms with van der Waals surface area (Å²) >= 11 is 0. The first kappa shape index (κ1) is 13.6. The maximum Gasteiger partial charge on any atom is 0.215 e. The molecule has 1 unspecified atom stereocenters. The highest BCUT2D eigenvalue weighted by molar-refractivity contribution is 7.89. The van der Waals surface area contributed by atoms with Crippen molar-refractivity contribution in [3.63, 3.8) is 0 Å². The Labute approximate surface area is 86.6 Å². The number of hydrogen-bond donors (Lipinski definition) is 2. The highest BCUT2D eigenvalue weighted by Crippen LogP contribution is 2.16. The summed E-state index contributed by atoms with van der Waals surface area (Å²) in [5.74, 6) is 0.0714. The Morgan fingerprint density at radius 1 is 1.57 bits per heavy atom. The SMILES string of the molecule is C=CCS(=O)(=O)NC(C)(CN)C(C)C. The first-order valence-corrected chi connectivity index (χ1v) is 6.25. The molecular weight excluding hydrogens is 200 g/mol. The van der Waals surface area contributed by atoms with Crippen molar-refractivity contribution in [3.05, 3.63) is 12.7 Å². The van der Waals surface area contributed by atoms with Gasteiger partial charge in [-0.1, -0.05) is 19.9 Å². The Bertz CT molecular complexity index is 285. The molecule has 0 aliphatic rings. The fraction of sp³-hybridized carbons (Fsp3) is 0.778. The molecule has 4 nitrogen and oxygen atoms in total. The Morgan fingerprint density at radius 3 is 2.36 bits per heavy atom. The van der Waals surface area contributed by atoms with Crippen molar-refractivity contribution in [3.8, 4) is 0 Å². The zero-order valence-corrected chi connectivity index (χ0v) is 9.89. The zero-order valence-electron chi connectivity index (χ0n) is 9.08.